The molecule has 0 radical (unpaired) electrons. The van der Waals surface area contributed by atoms with Crippen LogP contribution >= 0.6 is 0 Å². The first-order valence-corrected chi connectivity index (χ1v) is 20.4. The molecule has 7 aromatic rings. The average Bonchev–Trinajstić information content (AvgIpc) is 3.21. The lowest BCUT2D eigenvalue weighted by molar-refractivity contribution is 0.445. The van der Waals surface area contributed by atoms with Crippen molar-refractivity contribution in [2.75, 3.05) is 4.90 Å². The average molecular weight is 718 g/mol. The van der Waals surface area contributed by atoms with E-state index in [9.17, 15) is 0 Å². The van der Waals surface area contributed by atoms with E-state index in [1.807, 2.05) is 0 Å². The molecule has 1 nitrogen and oxygen atoms in total. The van der Waals surface area contributed by atoms with Crippen molar-refractivity contribution in [3.8, 4) is 33.4 Å². The molecule has 0 amide bonds. The van der Waals surface area contributed by atoms with Gasteiger partial charge in [0.2, 0.25) is 0 Å². The van der Waals surface area contributed by atoms with Gasteiger partial charge in [-0.2, -0.15) is 0 Å². The van der Waals surface area contributed by atoms with E-state index in [0.29, 0.717) is 5.92 Å². The third kappa shape index (κ3) is 7.50. The van der Waals surface area contributed by atoms with E-state index in [-0.39, 0.29) is 10.8 Å². The van der Waals surface area contributed by atoms with Crippen molar-refractivity contribution in [1.29, 1.82) is 0 Å². The highest BCUT2D eigenvalue weighted by molar-refractivity contribution is 6.04. The summed E-state index contributed by atoms with van der Waals surface area (Å²) in [5.74, 6) is 0.597. The van der Waals surface area contributed by atoms with Crippen molar-refractivity contribution in [1.82, 2.24) is 0 Å². The molecular formula is C54H55N. The van der Waals surface area contributed by atoms with Crippen LogP contribution in [0.1, 0.15) is 96.3 Å². The SMILES string of the molecule is CC(C)(C)c1cc(N(c2ccccc2-c2ccc(-c3ccccc3)cc2)c2ccccc2-c2cccc3cccc(C4CCCCC4)c23)cc(C(C)(C)C)c1. The van der Waals surface area contributed by atoms with Gasteiger partial charge in [-0.3, -0.25) is 0 Å². The number of nitrogens with zero attached hydrogens (tertiary/aromatic N) is 1. The van der Waals surface area contributed by atoms with Gasteiger partial charge >= 0.3 is 0 Å². The Hall–Kier alpha value is -5.40. The van der Waals surface area contributed by atoms with Crippen LogP contribution in [0, 0.1) is 0 Å². The number of hydrogen-bond donors (Lipinski definition) is 0. The second-order valence-corrected chi connectivity index (χ2v) is 17.7. The van der Waals surface area contributed by atoms with Crippen molar-refractivity contribution < 1.29 is 0 Å². The fraction of sp³-hybridized carbons (Fsp3) is 0.259. The van der Waals surface area contributed by atoms with Crippen LogP contribution in [-0.2, 0) is 10.8 Å². The number of para-hydroxylation sites is 2. The molecule has 0 saturated heterocycles. The summed E-state index contributed by atoms with van der Waals surface area (Å²) in [6.45, 7) is 14.0. The Kier molecular flexibility index (Phi) is 9.99. The normalized spacial score (nSPS) is 13.9. The highest BCUT2D eigenvalue weighted by Crippen LogP contribution is 2.49. The smallest absolute Gasteiger partial charge is 0.0540 e. The second kappa shape index (κ2) is 15.0. The standard InChI is InChI=1S/C54H55N/c1-53(2,3)43-35-44(54(4,5)6)37-45(36-43)55(50-29-15-13-25-46(50)41-33-31-39(32-34-41)38-19-9-7-10-20-38)51-30-16-14-26-48(51)49-28-18-24-42-23-17-27-47(52(42)49)40-21-11-8-12-22-40/h7,9-10,13-20,23-37,40H,8,11-12,21-22H2,1-6H3. The molecule has 0 unspecified atom stereocenters. The molecule has 0 aliphatic heterocycles. The van der Waals surface area contributed by atoms with Gasteiger partial charge in [0.25, 0.3) is 0 Å². The first-order valence-electron chi connectivity index (χ1n) is 20.4. The predicted molar refractivity (Wildman–Crippen MR) is 238 cm³/mol. The summed E-state index contributed by atoms with van der Waals surface area (Å²) in [6.07, 6.45) is 6.53. The van der Waals surface area contributed by atoms with E-state index in [0.717, 1.165) is 0 Å². The van der Waals surface area contributed by atoms with Crippen LogP contribution in [0.4, 0.5) is 17.1 Å². The molecule has 0 atom stereocenters. The summed E-state index contributed by atoms with van der Waals surface area (Å²) in [7, 11) is 0. The summed E-state index contributed by atoms with van der Waals surface area (Å²) in [5, 5.41) is 2.73. The van der Waals surface area contributed by atoms with E-state index in [1.165, 1.54) is 110 Å². The van der Waals surface area contributed by atoms with Crippen molar-refractivity contribution in [2.24, 2.45) is 0 Å². The van der Waals surface area contributed by atoms with Crippen molar-refractivity contribution >= 4 is 27.8 Å². The Labute approximate surface area is 329 Å². The molecule has 1 saturated carbocycles. The minimum absolute atomic E-state index is 0.0293. The zero-order valence-electron chi connectivity index (χ0n) is 33.6. The minimum atomic E-state index is -0.0293. The molecule has 0 aromatic heterocycles. The summed E-state index contributed by atoms with van der Waals surface area (Å²) in [4.78, 5) is 2.56. The first kappa shape index (κ1) is 36.6. The van der Waals surface area contributed by atoms with Crippen LogP contribution < -0.4 is 4.90 Å². The van der Waals surface area contributed by atoms with Crippen LogP contribution in [0.2, 0.25) is 0 Å². The largest absolute Gasteiger partial charge is 0.309 e. The fourth-order valence-corrected chi connectivity index (χ4v) is 8.64. The topological polar surface area (TPSA) is 3.24 Å². The third-order valence-electron chi connectivity index (χ3n) is 11.8. The number of fused-ring (bicyclic) bond motifs is 1. The minimum Gasteiger partial charge on any atom is -0.309 e. The van der Waals surface area contributed by atoms with Gasteiger partial charge in [0.05, 0.1) is 11.4 Å². The first-order chi connectivity index (χ1) is 26.6. The van der Waals surface area contributed by atoms with Crippen molar-refractivity contribution in [2.45, 2.75) is 90.4 Å². The van der Waals surface area contributed by atoms with Crippen molar-refractivity contribution in [3.05, 3.63) is 174 Å². The quantitative estimate of drug-likeness (QED) is 0.159. The monoisotopic (exact) mass is 717 g/mol. The molecule has 1 fully saturated rings. The van der Waals surface area contributed by atoms with Gasteiger partial charge in [-0.15, -0.1) is 0 Å². The second-order valence-electron chi connectivity index (χ2n) is 17.7. The summed E-state index contributed by atoms with van der Waals surface area (Å²) in [6, 6.07) is 59.1. The Morgan fingerprint density at radius 1 is 0.436 bits per heavy atom. The number of anilines is 3. The molecule has 1 aliphatic carbocycles. The van der Waals surface area contributed by atoms with Gasteiger partial charge in [0.15, 0.2) is 0 Å². The maximum absolute atomic E-state index is 2.56. The van der Waals surface area contributed by atoms with Crippen LogP contribution in [0.3, 0.4) is 0 Å². The summed E-state index contributed by atoms with van der Waals surface area (Å²) >= 11 is 0. The van der Waals surface area contributed by atoms with Crippen LogP contribution in [0.15, 0.2) is 158 Å². The van der Waals surface area contributed by atoms with Gasteiger partial charge in [-0.25, -0.2) is 0 Å². The summed E-state index contributed by atoms with van der Waals surface area (Å²) in [5.41, 5.74) is 15.1. The lowest BCUT2D eigenvalue weighted by Crippen LogP contribution is -2.19. The highest BCUT2D eigenvalue weighted by atomic mass is 15.1. The Balaban J connectivity index is 1.39. The lowest BCUT2D eigenvalue weighted by Gasteiger charge is -2.33. The molecule has 0 spiro atoms. The van der Waals surface area contributed by atoms with Gasteiger partial charge in [-0.05, 0) is 104 Å². The van der Waals surface area contributed by atoms with Gasteiger partial charge in [-0.1, -0.05) is 194 Å². The zero-order valence-corrected chi connectivity index (χ0v) is 33.6. The molecular weight excluding hydrogens is 663 g/mol. The predicted octanol–water partition coefficient (Wildman–Crippen LogP) is 16.0. The molecule has 8 rings (SSSR count). The van der Waals surface area contributed by atoms with E-state index in [4.69, 9.17) is 0 Å². The number of benzene rings is 7. The molecule has 7 aromatic carbocycles. The molecule has 0 N–H and O–H groups in total. The number of hydrogen-bond acceptors (Lipinski definition) is 1. The van der Waals surface area contributed by atoms with Gasteiger partial charge in [0.1, 0.15) is 0 Å². The Bertz CT molecular complexity index is 2380. The lowest BCUT2D eigenvalue weighted by atomic mass is 9.80. The van der Waals surface area contributed by atoms with Gasteiger partial charge < -0.3 is 4.90 Å². The highest BCUT2D eigenvalue weighted by Gasteiger charge is 2.27. The van der Waals surface area contributed by atoms with Gasteiger partial charge in [0, 0.05) is 16.8 Å². The maximum Gasteiger partial charge on any atom is 0.0540 e. The Morgan fingerprint density at radius 3 is 1.58 bits per heavy atom. The van der Waals surface area contributed by atoms with Crippen molar-refractivity contribution in [3.63, 3.8) is 0 Å². The molecule has 1 heteroatoms. The van der Waals surface area contributed by atoms with Crippen LogP contribution in [0.5, 0.6) is 0 Å². The van der Waals surface area contributed by atoms with Crippen LogP contribution in [-0.4, -0.2) is 0 Å². The van der Waals surface area contributed by atoms with Crippen LogP contribution in [0.25, 0.3) is 44.2 Å². The van der Waals surface area contributed by atoms with E-state index in [2.05, 4.69) is 204 Å². The molecule has 0 bridgehead atoms. The Morgan fingerprint density at radius 2 is 0.945 bits per heavy atom. The van der Waals surface area contributed by atoms with E-state index < -0.39 is 0 Å². The summed E-state index contributed by atoms with van der Waals surface area (Å²) < 4.78 is 0. The van der Waals surface area contributed by atoms with E-state index >= 15 is 0 Å². The molecule has 0 heterocycles. The number of rotatable bonds is 7. The molecule has 1 aliphatic rings. The zero-order chi connectivity index (χ0) is 38.2. The third-order valence-corrected chi connectivity index (χ3v) is 11.8. The fourth-order valence-electron chi connectivity index (χ4n) is 8.64. The van der Waals surface area contributed by atoms with E-state index in [1.54, 1.807) is 0 Å². The molecule has 55 heavy (non-hydrogen) atoms. The molecule has 276 valence electrons. The maximum atomic E-state index is 2.56.